The van der Waals surface area contributed by atoms with Crippen LogP contribution in [0.5, 0.6) is 0 Å². The molecule has 2 rings (SSSR count). The predicted molar refractivity (Wildman–Crippen MR) is 78.8 cm³/mol. The van der Waals surface area contributed by atoms with Crippen LogP contribution in [0, 0.1) is 5.92 Å². The minimum Gasteiger partial charge on any atom is -0.313 e. The Balaban J connectivity index is 1.66. The summed E-state index contributed by atoms with van der Waals surface area (Å²) in [6, 6.07) is 9.05. The van der Waals surface area contributed by atoms with Crippen LogP contribution in [0.3, 0.4) is 0 Å². The smallest absolute Gasteiger partial charge is 0.0205 e. The Kier molecular flexibility index (Phi) is 5.25. The summed E-state index contributed by atoms with van der Waals surface area (Å²) in [5.41, 5.74) is 2.84. The Labute approximate surface area is 112 Å². The second kappa shape index (κ2) is 6.94. The van der Waals surface area contributed by atoms with E-state index in [0.717, 1.165) is 12.5 Å². The quantitative estimate of drug-likeness (QED) is 0.729. The summed E-state index contributed by atoms with van der Waals surface area (Å²) in [5.74, 6) is 1.63. The average molecular weight is 245 g/mol. The molecule has 0 unspecified atom stereocenters. The van der Waals surface area contributed by atoms with Gasteiger partial charge in [-0.3, -0.25) is 0 Å². The van der Waals surface area contributed by atoms with E-state index in [0.29, 0.717) is 5.92 Å². The number of rotatable bonds is 6. The van der Waals surface area contributed by atoms with Gasteiger partial charge in [-0.1, -0.05) is 63.8 Å². The van der Waals surface area contributed by atoms with E-state index in [4.69, 9.17) is 0 Å². The second-order valence-corrected chi connectivity index (χ2v) is 6.01. The lowest BCUT2D eigenvalue weighted by Gasteiger charge is -2.10. The van der Waals surface area contributed by atoms with E-state index in [9.17, 15) is 0 Å². The van der Waals surface area contributed by atoms with Crippen molar-refractivity contribution in [3.8, 4) is 0 Å². The molecule has 1 aromatic rings. The summed E-state index contributed by atoms with van der Waals surface area (Å²) in [6.45, 7) is 6.69. The van der Waals surface area contributed by atoms with Gasteiger partial charge in [0.1, 0.15) is 0 Å². The van der Waals surface area contributed by atoms with Gasteiger partial charge in [0.25, 0.3) is 0 Å². The maximum atomic E-state index is 3.58. The summed E-state index contributed by atoms with van der Waals surface area (Å²) < 4.78 is 0. The molecule has 0 heterocycles. The van der Waals surface area contributed by atoms with Crippen molar-refractivity contribution in [2.24, 2.45) is 5.92 Å². The van der Waals surface area contributed by atoms with Crippen molar-refractivity contribution in [1.82, 2.24) is 5.32 Å². The van der Waals surface area contributed by atoms with Crippen molar-refractivity contribution in [1.29, 1.82) is 0 Å². The van der Waals surface area contributed by atoms with Crippen LogP contribution in [0.2, 0.25) is 0 Å². The fraction of sp³-hybridized carbons (Fsp3) is 0.647. The maximum absolute atomic E-state index is 3.58. The molecule has 0 atom stereocenters. The van der Waals surface area contributed by atoms with Crippen LogP contribution in [0.1, 0.15) is 63.0 Å². The first-order valence-electron chi connectivity index (χ1n) is 7.55. The van der Waals surface area contributed by atoms with Crippen molar-refractivity contribution in [2.45, 2.75) is 58.4 Å². The van der Waals surface area contributed by atoms with Crippen molar-refractivity contribution < 1.29 is 0 Å². The molecule has 0 aromatic heterocycles. The summed E-state index contributed by atoms with van der Waals surface area (Å²) in [6.07, 6.45) is 7.21. The number of benzene rings is 1. The van der Waals surface area contributed by atoms with Crippen molar-refractivity contribution in [3.05, 3.63) is 35.4 Å². The molecule has 1 heteroatoms. The Morgan fingerprint density at radius 2 is 1.78 bits per heavy atom. The minimum atomic E-state index is 0.634. The molecule has 1 N–H and O–H groups in total. The Hall–Kier alpha value is -0.820. The van der Waals surface area contributed by atoms with Gasteiger partial charge in [0.15, 0.2) is 0 Å². The normalized spacial score (nSPS) is 16.6. The fourth-order valence-electron chi connectivity index (χ4n) is 2.86. The molecule has 18 heavy (non-hydrogen) atoms. The first kappa shape index (κ1) is 13.6. The van der Waals surface area contributed by atoms with Gasteiger partial charge in [-0.2, -0.15) is 0 Å². The predicted octanol–water partition coefficient (Wildman–Crippen LogP) is 4.48. The van der Waals surface area contributed by atoms with Crippen LogP contribution in [-0.2, 0) is 6.54 Å². The molecule has 0 spiro atoms. The highest BCUT2D eigenvalue weighted by atomic mass is 14.8. The van der Waals surface area contributed by atoms with E-state index in [1.807, 2.05) is 0 Å². The van der Waals surface area contributed by atoms with Crippen molar-refractivity contribution in [3.63, 3.8) is 0 Å². The Morgan fingerprint density at radius 1 is 1.11 bits per heavy atom. The Morgan fingerprint density at radius 3 is 2.39 bits per heavy atom. The molecular weight excluding hydrogens is 218 g/mol. The van der Waals surface area contributed by atoms with Gasteiger partial charge in [0.05, 0.1) is 0 Å². The number of nitrogens with one attached hydrogen (secondary N) is 1. The van der Waals surface area contributed by atoms with Crippen LogP contribution in [0.25, 0.3) is 0 Å². The lowest BCUT2D eigenvalue weighted by atomic mass is 10.0. The lowest BCUT2D eigenvalue weighted by Crippen LogP contribution is -2.17. The molecular formula is C17H27N. The third kappa shape index (κ3) is 4.13. The molecule has 1 aliphatic carbocycles. The van der Waals surface area contributed by atoms with Crippen molar-refractivity contribution in [2.75, 3.05) is 6.54 Å². The van der Waals surface area contributed by atoms with Gasteiger partial charge in [-0.05, 0) is 35.9 Å². The third-order valence-corrected chi connectivity index (χ3v) is 4.18. The van der Waals surface area contributed by atoms with E-state index in [2.05, 4.69) is 43.4 Å². The average Bonchev–Trinajstić information content (AvgIpc) is 2.88. The van der Waals surface area contributed by atoms with Crippen LogP contribution in [-0.4, -0.2) is 6.54 Å². The number of hydrogen-bond acceptors (Lipinski definition) is 1. The highest BCUT2D eigenvalue weighted by molar-refractivity contribution is 5.24. The molecule has 0 bridgehead atoms. The zero-order valence-electron chi connectivity index (χ0n) is 11.9. The van der Waals surface area contributed by atoms with Gasteiger partial charge in [-0.15, -0.1) is 0 Å². The van der Waals surface area contributed by atoms with Gasteiger partial charge in [0, 0.05) is 6.54 Å². The first-order valence-corrected chi connectivity index (χ1v) is 7.55. The molecule has 1 aliphatic rings. The van der Waals surface area contributed by atoms with E-state index in [-0.39, 0.29) is 0 Å². The summed E-state index contributed by atoms with van der Waals surface area (Å²) in [5, 5.41) is 3.58. The largest absolute Gasteiger partial charge is 0.313 e. The molecule has 0 radical (unpaired) electrons. The van der Waals surface area contributed by atoms with Crippen LogP contribution in [0.4, 0.5) is 0 Å². The molecule has 0 aliphatic heterocycles. The first-order chi connectivity index (χ1) is 8.75. The van der Waals surface area contributed by atoms with Gasteiger partial charge < -0.3 is 5.32 Å². The molecule has 0 saturated heterocycles. The molecule has 1 fully saturated rings. The minimum absolute atomic E-state index is 0.634. The molecule has 1 nitrogen and oxygen atoms in total. The van der Waals surface area contributed by atoms with E-state index in [1.54, 1.807) is 0 Å². The van der Waals surface area contributed by atoms with Gasteiger partial charge in [-0.25, -0.2) is 0 Å². The van der Waals surface area contributed by atoms with Crippen LogP contribution < -0.4 is 5.32 Å². The maximum Gasteiger partial charge on any atom is 0.0205 e. The topological polar surface area (TPSA) is 12.0 Å². The van der Waals surface area contributed by atoms with E-state index >= 15 is 0 Å². The summed E-state index contributed by atoms with van der Waals surface area (Å²) in [4.78, 5) is 0. The van der Waals surface area contributed by atoms with E-state index < -0.39 is 0 Å². The van der Waals surface area contributed by atoms with Gasteiger partial charge >= 0.3 is 0 Å². The zero-order valence-corrected chi connectivity index (χ0v) is 11.9. The summed E-state index contributed by atoms with van der Waals surface area (Å²) in [7, 11) is 0. The van der Waals surface area contributed by atoms with Crippen LogP contribution in [0.15, 0.2) is 24.3 Å². The monoisotopic (exact) mass is 245 g/mol. The highest BCUT2D eigenvalue weighted by Gasteiger charge is 2.13. The molecule has 0 amide bonds. The van der Waals surface area contributed by atoms with Crippen molar-refractivity contribution >= 4 is 0 Å². The molecule has 1 saturated carbocycles. The molecule has 100 valence electrons. The molecule has 1 aromatic carbocycles. The fourth-order valence-corrected chi connectivity index (χ4v) is 2.86. The number of hydrogen-bond donors (Lipinski definition) is 1. The standard InChI is InChI=1S/C17H27N/c1-14(2)17-9-7-16(8-10-17)13-18-12-11-15-5-3-4-6-15/h7-10,14-15,18H,3-6,11-13H2,1-2H3. The highest BCUT2D eigenvalue weighted by Crippen LogP contribution is 2.26. The summed E-state index contributed by atoms with van der Waals surface area (Å²) >= 11 is 0. The Bertz CT molecular complexity index is 333. The second-order valence-electron chi connectivity index (χ2n) is 6.01. The lowest BCUT2D eigenvalue weighted by molar-refractivity contribution is 0.477. The van der Waals surface area contributed by atoms with E-state index in [1.165, 1.54) is 49.8 Å². The zero-order chi connectivity index (χ0) is 12.8. The third-order valence-electron chi connectivity index (χ3n) is 4.18. The van der Waals surface area contributed by atoms with Gasteiger partial charge in [0.2, 0.25) is 0 Å². The SMILES string of the molecule is CC(C)c1ccc(CNCCC2CCCC2)cc1. The van der Waals surface area contributed by atoms with Crippen LogP contribution >= 0.6 is 0 Å².